The number of nitrogens with zero attached hydrogens (tertiary/aromatic N) is 1. The lowest BCUT2D eigenvalue weighted by Crippen LogP contribution is -2.53. The van der Waals surface area contributed by atoms with E-state index in [1.54, 1.807) is 0 Å². The molecule has 4 heteroatoms. The zero-order valence-corrected chi connectivity index (χ0v) is 12.7. The van der Waals surface area contributed by atoms with E-state index < -0.39 is 0 Å². The van der Waals surface area contributed by atoms with E-state index in [2.05, 4.69) is 11.8 Å². The van der Waals surface area contributed by atoms with Crippen molar-refractivity contribution in [3.63, 3.8) is 0 Å². The maximum Gasteiger partial charge on any atom is 0.123 e. The van der Waals surface area contributed by atoms with Gasteiger partial charge in [-0.25, -0.2) is 4.39 Å². The number of halogens is 1. The molecule has 0 bridgehead atoms. The Bertz CT molecular complexity index is 464. The molecule has 1 saturated heterocycles. The summed E-state index contributed by atoms with van der Waals surface area (Å²) in [5, 5.41) is 0. The number of ether oxygens (including phenoxy) is 1. The molecule has 0 aromatic heterocycles. The molecule has 4 unspecified atom stereocenters. The highest BCUT2D eigenvalue weighted by Crippen LogP contribution is 2.36. The first-order valence-corrected chi connectivity index (χ1v) is 8.09. The van der Waals surface area contributed by atoms with Crippen molar-refractivity contribution in [2.24, 2.45) is 5.73 Å². The molecule has 2 N–H and O–H groups in total. The van der Waals surface area contributed by atoms with Crippen molar-refractivity contribution in [1.29, 1.82) is 0 Å². The van der Waals surface area contributed by atoms with Gasteiger partial charge in [0.05, 0.1) is 18.8 Å². The molecule has 1 heterocycles. The molecule has 1 aliphatic heterocycles. The van der Waals surface area contributed by atoms with Gasteiger partial charge < -0.3 is 10.5 Å². The van der Waals surface area contributed by atoms with Crippen molar-refractivity contribution in [2.45, 2.75) is 56.8 Å². The van der Waals surface area contributed by atoms with E-state index in [1.807, 2.05) is 12.1 Å². The molecule has 1 aromatic carbocycles. The maximum atomic E-state index is 13.2. The number of rotatable bonds is 4. The van der Waals surface area contributed by atoms with Gasteiger partial charge in [0.2, 0.25) is 0 Å². The SMILES string of the molecule is CCC(N)C(c1ccc(F)cc1)N1CCOC2CCCC21. The van der Waals surface area contributed by atoms with Crippen molar-refractivity contribution in [2.75, 3.05) is 13.2 Å². The molecule has 2 aliphatic rings. The van der Waals surface area contributed by atoms with Crippen LogP contribution in [0.2, 0.25) is 0 Å². The Hall–Kier alpha value is -0.970. The molecule has 0 spiro atoms. The molecule has 0 radical (unpaired) electrons. The second kappa shape index (κ2) is 6.42. The summed E-state index contributed by atoms with van der Waals surface area (Å²) in [6, 6.07) is 7.53. The molecule has 116 valence electrons. The average Bonchev–Trinajstić information content (AvgIpc) is 2.98. The number of hydrogen-bond acceptors (Lipinski definition) is 3. The van der Waals surface area contributed by atoms with Crippen LogP contribution in [0.4, 0.5) is 4.39 Å². The highest BCUT2D eigenvalue weighted by molar-refractivity contribution is 5.22. The molecule has 21 heavy (non-hydrogen) atoms. The summed E-state index contributed by atoms with van der Waals surface area (Å²) in [5.74, 6) is -0.191. The minimum atomic E-state index is -0.191. The van der Waals surface area contributed by atoms with Crippen molar-refractivity contribution < 1.29 is 9.13 Å². The van der Waals surface area contributed by atoms with Gasteiger partial charge >= 0.3 is 0 Å². The van der Waals surface area contributed by atoms with E-state index in [-0.39, 0.29) is 17.9 Å². The Labute approximate surface area is 126 Å². The largest absolute Gasteiger partial charge is 0.375 e. The van der Waals surface area contributed by atoms with E-state index >= 15 is 0 Å². The lowest BCUT2D eigenvalue weighted by Gasteiger charge is -2.44. The Kier molecular flexibility index (Phi) is 4.57. The fourth-order valence-electron chi connectivity index (χ4n) is 3.87. The number of fused-ring (bicyclic) bond motifs is 1. The zero-order valence-electron chi connectivity index (χ0n) is 12.7. The first kappa shape index (κ1) is 14.9. The number of hydrogen-bond donors (Lipinski definition) is 1. The van der Waals surface area contributed by atoms with Crippen LogP contribution in [0, 0.1) is 5.82 Å². The van der Waals surface area contributed by atoms with E-state index in [9.17, 15) is 4.39 Å². The van der Waals surface area contributed by atoms with Gasteiger partial charge in [-0.3, -0.25) is 4.90 Å². The van der Waals surface area contributed by atoms with Crippen molar-refractivity contribution in [1.82, 2.24) is 4.90 Å². The predicted octanol–water partition coefficient (Wildman–Crippen LogP) is 2.86. The summed E-state index contributed by atoms with van der Waals surface area (Å²) < 4.78 is 19.1. The molecule has 3 nitrogen and oxygen atoms in total. The Morgan fingerprint density at radius 1 is 1.33 bits per heavy atom. The standard InChI is InChI=1S/C17H25FN2O/c1-2-14(19)17(12-6-8-13(18)9-7-12)20-10-11-21-16-5-3-4-15(16)20/h6-9,14-17H,2-5,10-11,19H2,1H3. The van der Waals surface area contributed by atoms with Gasteiger partial charge in [0.1, 0.15) is 5.82 Å². The van der Waals surface area contributed by atoms with Crippen LogP contribution in [-0.4, -0.2) is 36.2 Å². The van der Waals surface area contributed by atoms with E-state index in [0.717, 1.165) is 31.6 Å². The molecular weight excluding hydrogens is 267 g/mol. The average molecular weight is 292 g/mol. The lowest BCUT2D eigenvalue weighted by molar-refractivity contribution is -0.0762. The predicted molar refractivity (Wildman–Crippen MR) is 81.5 cm³/mol. The molecule has 1 saturated carbocycles. The van der Waals surface area contributed by atoms with Crippen LogP contribution in [0.3, 0.4) is 0 Å². The monoisotopic (exact) mass is 292 g/mol. The van der Waals surface area contributed by atoms with Gasteiger partial charge in [0.15, 0.2) is 0 Å². The molecule has 3 rings (SSSR count). The van der Waals surface area contributed by atoms with Crippen LogP contribution in [-0.2, 0) is 4.74 Å². The summed E-state index contributed by atoms with van der Waals surface area (Å²) in [6.07, 6.45) is 4.82. The Balaban J connectivity index is 1.89. The van der Waals surface area contributed by atoms with Crippen molar-refractivity contribution >= 4 is 0 Å². The third kappa shape index (κ3) is 2.98. The maximum absolute atomic E-state index is 13.2. The van der Waals surface area contributed by atoms with Crippen LogP contribution in [0.15, 0.2) is 24.3 Å². The van der Waals surface area contributed by atoms with Crippen LogP contribution in [0.25, 0.3) is 0 Å². The van der Waals surface area contributed by atoms with Gasteiger partial charge in [0, 0.05) is 18.6 Å². The van der Waals surface area contributed by atoms with Crippen LogP contribution >= 0.6 is 0 Å². The Morgan fingerprint density at radius 2 is 2.10 bits per heavy atom. The second-order valence-electron chi connectivity index (χ2n) is 6.21. The highest BCUT2D eigenvalue weighted by atomic mass is 19.1. The quantitative estimate of drug-likeness (QED) is 0.927. The minimum absolute atomic E-state index is 0.0646. The summed E-state index contributed by atoms with van der Waals surface area (Å²) in [4.78, 5) is 2.52. The van der Waals surface area contributed by atoms with Gasteiger partial charge in [-0.1, -0.05) is 19.1 Å². The summed E-state index contributed by atoms with van der Waals surface area (Å²) >= 11 is 0. The number of benzene rings is 1. The van der Waals surface area contributed by atoms with Gasteiger partial charge in [0.25, 0.3) is 0 Å². The molecule has 1 aliphatic carbocycles. The molecule has 2 fully saturated rings. The number of nitrogens with two attached hydrogens (primary N) is 1. The van der Waals surface area contributed by atoms with Crippen LogP contribution < -0.4 is 5.73 Å². The van der Waals surface area contributed by atoms with Gasteiger partial charge in [-0.05, 0) is 43.4 Å². The molecule has 0 amide bonds. The fraction of sp³-hybridized carbons (Fsp3) is 0.647. The van der Waals surface area contributed by atoms with Crippen molar-refractivity contribution in [3.8, 4) is 0 Å². The highest BCUT2D eigenvalue weighted by Gasteiger charge is 2.40. The van der Waals surface area contributed by atoms with Crippen LogP contribution in [0.5, 0.6) is 0 Å². The van der Waals surface area contributed by atoms with E-state index in [4.69, 9.17) is 10.5 Å². The third-order valence-electron chi connectivity index (χ3n) is 4.97. The normalized spacial score (nSPS) is 29.1. The zero-order chi connectivity index (χ0) is 14.8. The van der Waals surface area contributed by atoms with E-state index in [0.29, 0.717) is 12.1 Å². The second-order valence-corrected chi connectivity index (χ2v) is 6.21. The lowest BCUT2D eigenvalue weighted by atomic mass is 9.93. The van der Waals surface area contributed by atoms with Crippen molar-refractivity contribution in [3.05, 3.63) is 35.6 Å². The summed E-state index contributed by atoms with van der Waals surface area (Å²) in [7, 11) is 0. The fourth-order valence-corrected chi connectivity index (χ4v) is 3.87. The summed E-state index contributed by atoms with van der Waals surface area (Å²) in [6.45, 7) is 3.81. The molecule has 4 atom stereocenters. The third-order valence-corrected chi connectivity index (χ3v) is 4.97. The first-order valence-electron chi connectivity index (χ1n) is 8.09. The van der Waals surface area contributed by atoms with Gasteiger partial charge in [-0.2, -0.15) is 0 Å². The Morgan fingerprint density at radius 3 is 2.81 bits per heavy atom. The molecule has 1 aromatic rings. The van der Waals surface area contributed by atoms with Crippen LogP contribution in [0.1, 0.15) is 44.2 Å². The smallest absolute Gasteiger partial charge is 0.123 e. The first-order chi connectivity index (χ1) is 10.2. The van der Waals surface area contributed by atoms with E-state index in [1.165, 1.54) is 25.0 Å². The topological polar surface area (TPSA) is 38.5 Å². The molecular formula is C17H25FN2O. The summed E-state index contributed by atoms with van der Waals surface area (Å²) in [5.41, 5.74) is 7.55. The number of morpholine rings is 1. The van der Waals surface area contributed by atoms with Gasteiger partial charge in [-0.15, -0.1) is 0 Å². The minimum Gasteiger partial charge on any atom is -0.375 e.